The molecule has 0 aromatic heterocycles. The first kappa shape index (κ1) is 16.4. The first-order valence-electron chi connectivity index (χ1n) is 7.84. The van der Waals surface area contributed by atoms with E-state index < -0.39 is 0 Å². The maximum atomic E-state index is 13.1. The van der Waals surface area contributed by atoms with Gasteiger partial charge in [-0.2, -0.15) is 0 Å². The highest BCUT2D eigenvalue weighted by Crippen LogP contribution is 2.40. The van der Waals surface area contributed by atoms with Gasteiger partial charge in [0.2, 0.25) is 0 Å². The molecule has 1 aliphatic rings. The Morgan fingerprint density at radius 3 is 2.19 bits per heavy atom. The van der Waals surface area contributed by atoms with Crippen molar-refractivity contribution in [2.24, 2.45) is 0 Å². The lowest BCUT2D eigenvalue weighted by Gasteiger charge is -2.23. The predicted molar refractivity (Wildman–Crippen MR) is 103 cm³/mol. The molecule has 1 aliphatic carbocycles. The first-order chi connectivity index (χ1) is 12.5. The molecule has 0 heterocycles. The monoisotopic (exact) mass is 408 g/mol. The van der Waals surface area contributed by atoms with Crippen LogP contribution in [-0.4, -0.2) is 16.7 Å². The number of carbonyl (C=O) groups excluding carboxylic acids is 2. The quantitative estimate of drug-likeness (QED) is 0.431. The summed E-state index contributed by atoms with van der Waals surface area (Å²) in [6.45, 7) is 0. The molecule has 3 aromatic rings. The van der Waals surface area contributed by atoms with Gasteiger partial charge >= 0.3 is 0 Å². The Morgan fingerprint density at radius 1 is 0.885 bits per heavy atom. The minimum atomic E-state index is -0.284. The summed E-state index contributed by atoms with van der Waals surface area (Å²) in [5, 5.41) is 12.8. The van der Waals surface area contributed by atoms with E-state index in [4.69, 9.17) is 5.73 Å². The molecule has 0 saturated carbocycles. The number of phenols is 1. The molecule has 0 amide bonds. The number of benzene rings is 3. The van der Waals surface area contributed by atoms with Gasteiger partial charge in [-0.05, 0) is 34.1 Å². The van der Waals surface area contributed by atoms with E-state index in [1.807, 2.05) is 0 Å². The van der Waals surface area contributed by atoms with Gasteiger partial charge in [0, 0.05) is 27.4 Å². The number of hydrogen-bond acceptors (Lipinski definition) is 5. The Kier molecular flexibility index (Phi) is 3.77. The molecule has 0 fully saturated rings. The molecule has 0 spiro atoms. The summed E-state index contributed by atoms with van der Waals surface area (Å²) >= 11 is 3.36. The van der Waals surface area contributed by atoms with E-state index in [1.54, 1.807) is 48.5 Å². The van der Waals surface area contributed by atoms with Gasteiger partial charge in [-0.25, -0.2) is 0 Å². The number of anilines is 3. The Labute approximate surface area is 157 Å². The van der Waals surface area contributed by atoms with Crippen LogP contribution < -0.4 is 11.1 Å². The zero-order valence-corrected chi connectivity index (χ0v) is 15.0. The minimum absolute atomic E-state index is 0.0890. The van der Waals surface area contributed by atoms with E-state index >= 15 is 0 Å². The number of aromatic hydroxyl groups is 1. The fourth-order valence-electron chi connectivity index (χ4n) is 3.12. The number of phenolic OH excluding ortho intramolecular Hbond substituents is 1. The molecule has 26 heavy (non-hydrogen) atoms. The van der Waals surface area contributed by atoms with Crippen molar-refractivity contribution in [3.05, 3.63) is 81.3 Å². The number of nitrogens with two attached hydrogens (primary N) is 1. The third kappa shape index (κ3) is 2.46. The Morgan fingerprint density at radius 2 is 1.54 bits per heavy atom. The van der Waals surface area contributed by atoms with Crippen LogP contribution in [0.3, 0.4) is 0 Å². The van der Waals surface area contributed by atoms with E-state index in [0.717, 1.165) is 0 Å². The standard InChI is InChI=1S/C20H13BrN2O3/c21-14-9-15(23-10-4-3-5-11(24)8-10)16-17(18(14)22)20(26)13-7-2-1-6-12(13)19(16)25/h1-9,23-24H,22H2. The first-order valence-corrected chi connectivity index (χ1v) is 8.63. The van der Waals surface area contributed by atoms with Gasteiger partial charge in [-0.3, -0.25) is 9.59 Å². The van der Waals surface area contributed by atoms with Gasteiger partial charge in [0.05, 0.1) is 22.5 Å². The SMILES string of the molecule is Nc1c(Br)cc(Nc2cccc(O)c2)c2c1C(=O)c1ccccc1C2=O. The zero-order chi connectivity index (χ0) is 18.4. The average Bonchev–Trinajstić information content (AvgIpc) is 2.62. The van der Waals surface area contributed by atoms with Crippen LogP contribution in [0.15, 0.2) is 59.1 Å². The van der Waals surface area contributed by atoms with Crippen LogP contribution >= 0.6 is 15.9 Å². The molecule has 0 atom stereocenters. The summed E-state index contributed by atoms with van der Waals surface area (Å²) in [6.07, 6.45) is 0. The van der Waals surface area contributed by atoms with Crippen molar-refractivity contribution in [2.45, 2.75) is 0 Å². The van der Waals surface area contributed by atoms with Crippen LogP contribution in [0.4, 0.5) is 17.1 Å². The fourth-order valence-corrected chi connectivity index (χ4v) is 3.55. The number of hydrogen-bond donors (Lipinski definition) is 3. The molecule has 4 N–H and O–H groups in total. The lowest BCUT2D eigenvalue weighted by Crippen LogP contribution is -2.23. The van der Waals surface area contributed by atoms with Crippen molar-refractivity contribution in [3.8, 4) is 5.75 Å². The van der Waals surface area contributed by atoms with Gasteiger partial charge in [0.25, 0.3) is 0 Å². The number of ketones is 2. The predicted octanol–water partition coefficient (Wildman–Crippen LogP) is 4.26. The van der Waals surface area contributed by atoms with Crippen molar-refractivity contribution in [1.82, 2.24) is 0 Å². The molecular weight excluding hydrogens is 396 g/mol. The van der Waals surface area contributed by atoms with Crippen molar-refractivity contribution in [1.29, 1.82) is 0 Å². The lowest BCUT2D eigenvalue weighted by molar-refractivity contribution is 0.0980. The highest BCUT2D eigenvalue weighted by atomic mass is 79.9. The number of nitrogens with one attached hydrogen (secondary N) is 1. The Bertz CT molecular complexity index is 1090. The molecule has 3 aromatic carbocycles. The normalized spacial score (nSPS) is 12.5. The zero-order valence-electron chi connectivity index (χ0n) is 13.4. The van der Waals surface area contributed by atoms with E-state index in [-0.39, 0.29) is 34.1 Å². The summed E-state index contributed by atoms with van der Waals surface area (Å²) in [4.78, 5) is 26.0. The second-order valence-electron chi connectivity index (χ2n) is 5.95. The van der Waals surface area contributed by atoms with Gasteiger partial charge in [0.15, 0.2) is 11.6 Å². The van der Waals surface area contributed by atoms with Crippen LogP contribution in [0.5, 0.6) is 5.75 Å². The summed E-state index contributed by atoms with van der Waals surface area (Å²) in [7, 11) is 0. The van der Waals surface area contributed by atoms with E-state index in [2.05, 4.69) is 21.2 Å². The highest BCUT2D eigenvalue weighted by molar-refractivity contribution is 9.10. The van der Waals surface area contributed by atoms with Crippen LogP contribution in [0.25, 0.3) is 0 Å². The van der Waals surface area contributed by atoms with Crippen molar-refractivity contribution < 1.29 is 14.7 Å². The Balaban J connectivity index is 1.94. The number of rotatable bonds is 2. The minimum Gasteiger partial charge on any atom is -0.508 e. The van der Waals surface area contributed by atoms with Crippen LogP contribution in [0.2, 0.25) is 0 Å². The fraction of sp³-hybridized carbons (Fsp3) is 0. The molecule has 0 unspecified atom stereocenters. The molecule has 0 radical (unpaired) electrons. The summed E-state index contributed by atoms with van der Waals surface area (Å²) in [6, 6.07) is 14.9. The van der Waals surface area contributed by atoms with Crippen LogP contribution in [-0.2, 0) is 0 Å². The maximum Gasteiger partial charge on any atom is 0.196 e. The third-order valence-electron chi connectivity index (χ3n) is 4.31. The van der Waals surface area contributed by atoms with Gasteiger partial charge in [-0.1, -0.05) is 30.3 Å². The topological polar surface area (TPSA) is 92.4 Å². The third-order valence-corrected chi connectivity index (χ3v) is 4.97. The second-order valence-corrected chi connectivity index (χ2v) is 6.80. The van der Waals surface area contributed by atoms with Crippen LogP contribution in [0, 0.1) is 0 Å². The van der Waals surface area contributed by atoms with E-state index in [9.17, 15) is 14.7 Å². The average molecular weight is 409 g/mol. The molecule has 5 nitrogen and oxygen atoms in total. The molecule has 128 valence electrons. The van der Waals surface area contributed by atoms with E-state index in [0.29, 0.717) is 27.0 Å². The number of carbonyl (C=O) groups is 2. The smallest absolute Gasteiger partial charge is 0.196 e. The molecule has 0 bridgehead atoms. The Hall–Kier alpha value is -3.12. The summed E-state index contributed by atoms with van der Waals surface area (Å²) in [5.74, 6) is -0.462. The molecule has 0 saturated heterocycles. The molecular formula is C20H13BrN2O3. The largest absolute Gasteiger partial charge is 0.508 e. The number of nitrogen functional groups attached to an aromatic ring is 1. The highest BCUT2D eigenvalue weighted by Gasteiger charge is 2.34. The van der Waals surface area contributed by atoms with Crippen molar-refractivity contribution in [3.63, 3.8) is 0 Å². The van der Waals surface area contributed by atoms with Gasteiger partial charge < -0.3 is 16.2 Å². The van der Waals surface area contributed by atoms with Gasteiger partial charge in [-0.15, -0.1) is 0 Å². The summed E-state index contributed by atoms with van der Waals surface area (Å²) < 4.78 is 0.513. The second kappa shape index (κ2) is 6.00. The summed E-state index contributed by atoms with van der Waals surface area (Å²) in [5.41, 5.74) is 8.49. The molecule has 6 heteroatoms. The van der Waals surface area contributed by atoms with E-state index in [1.165, 1.54) is 6.07 Å². The van der Waals surface area contributed by atoms with Crippen LogP contribution in [0.1, 0.15) is 31.8 Å². The lowest BCUT2D eigenvalue weighted by atomic mass is 9.82. The van der Waals surface area contributed by atoms with Gasteiger partial charge in [0.1, 0.15) is 5.75 Å². The van der Waals surface area contributed by atoms with Crippen molar-refractivity contribution >= 4 is 44.6 Å². The molecule has 4 rings (SSSR count). The number of fused-ring (bicyclic) bond motifs is 2. The maximum absolute atomic E-state index is 13.1. The molecule has 0 aliphatic heterocycles. The number of halogens is 1. The van der Waals surface area contributed by atoms with Crippen molar-refractivity contribution in [2.75, 3.05) is 11.1 Å².